The molecule has 3 unspecified atom stereocenters. The molecule has 2 aliphatic rings. The van der Waals surface area contributed by atoms with E-state index in [2.05, 4.69) is 26.5 Å². The third-order valence-corrected chi connectivity index (χ3v) is 5.06. The maximum atomic E-state index is 12.5. The molecule has 2 aromatic rings. The van der Waals surface area contributed by atoms with Gasteiger partial charge < -0.3 is 15.4 Å². The zero-order chi connectivity index (χ0) is 20.5. The SMILES string of the molecule is Cc1ccc(OCC(=O)Nc2cc(C)nn2C2NC(=O)C3CNN(C)C3N2)cc1. The number of benzene rings is 1. The number of carbonyl (C=O) groups excluding carboxylic acids is 2. The van der Waals surface area contributed by atoms with Crippen LogP contribution in [0.3, 0.4) is 0 Å². The summed E-state index contributed by atoms with van der Waals surface area (Å²) in [5.41, 5.74) is 4.98. The normalized spacial score (nSPS) is 24.1. The number of nitrogens with zero attached hydrogens (tertiary/aromatic N) is 3. The number of aromatic nitrogens is 2. The highest BCUT2D eigenvalue weighted by Gasteiger charge is 2.43. The van der Waals surface area contributed by atoms with Crippen LogP contribution in [-0.2, 0) is 9.59 Å². The molecule has 0 bridgehead atoms. The lowest BCUT2D eigenvalue weighted by atomic mass is 10.1. The number of hydrogen-bond donors (Lipinski definition) is 4. The Kier molecular flexibility index (Phi) is 5.22. The van der Waals surface area contributed by atoms with E-state index in [1.165, 1.54) is 0 Å². The molecule has 1 aromatic carbocycles. The zero-order valence-electron chi connectivity index (χ0n) is 16.6. The van der Waals surface area contributed by atoms with Crippen LogP contribution in [0.2, 0.25) is 0 Å². The van der Waals surface area contributed by atoms with Gasteiger partial charge in [0.1, 0.15) is 11.6 Å². The molecule has 2 amide bonds. The summed E-state index contributed by atoms with van der Waals surface area (Å²) < 4.78 is 7.10. The van der Waals surface area contributed by atoms with E-state index in [4.69, 9.17) is 4.74 Å². The molecular weight excluding hydrogens is 374 g/mol. The summed E-state index contributed by atoms with van der Waals surface area (Å²) in [5, 5.41) is 15.4. The van der Waals surface area contributed by atoms with Gasteiger partial charge in [-0.3, -0.25) is 20.3 Å². The van der Waals surface area contributed by atoms with Crippen molar-refractivity contribution in [2.45, 2.75) is 26.3 Å². The molecule has 154 valence electrons. The van der Waals surface area contributed by atoms with Crippen molar-refractivity contribution in [3.8, 4) is 5.75 Å². The number of aryl methyl sites for hydroxylation is 2. The van der Waals surface area contributed by atoms with Gasteiger partial charge in [-0.05, 0) is 26.0 Å². The molecule has 4 rings (SSSR count). The van der Waals surface area contributed by atoms with Crippen molar-refractivity contribution in [1.29, 1.82) is 0 Å². The van der Waals surface area contributed by atoms with Crippen molar-refractivity contribution < 1.29 is 14.3 Å². The number of anilines is 1. The highest BCUT2D eigenvalue weighted by atomic mass is 16.5. The zero-order valence-corrected chi connectivity index (χ0v) is 16.6. The smallest absolute Gasteiger partial charge is 0.263 e. The van der Waals surface area contributed by atoms with Crippen LogP contribution in [0.4, 0.5) is 5.82 Å². The van der Waals surface area contributed by atoms with Gasteiger partial charge in [0.2, 0.25) is 5.91 Å². The van der Waals surface area contributed by atoms with Gasteiger partial charge in [0.15, 0.2) is 12.9 Å². The molecule has 3 atom stereocenters. The van der Waals surface area contributed by atoms with E-state index >= 15 is 0 Å². The van der Waals surface area contributed by atoms with Gasteiger partial charge in [-0.15, -0.1) is 0 Å². The number of hydrogen-bond acceptors (Lipinski definition) is 7. The second-order valence-corrected chi connectivity index (χ2v) is 7.37. The second kappa shape index (κ2) is 7.82. The van der Waals surface area contributed by atoms with E-state index in [1.807, 2.05) is 50.2 Å². The molecule has 29 heavy (non-hydrogen) atoms. The summed E-state index contributed by atoms with van der Waals surface area (Å²) in [5.74, 6) is 0.535. The van der Waals surface area contributed by atoms with E-state index in [0.29, 0.717) is 18.1 Å². The number of rotatable bonds is 5. The van der Waals surface area contributed by atoms with Crippen molar-refractivity contribution in [1.82, 2.24) is 30.8 Å². The number of fused-ring (bicyclic) bond motifs is 1. The fraction of sp³-hybridized carbons (Fsp3) is 0.421. The van der Waals surface area contributed by atoms with E-state index in [9.17, 15) is 9.59 Å². The monoisotopic (exact) mass is 399 g/mol. The van der Waals surface area contributed by atoms with Crippen LogP contribution in [0.25, 0.3) is 0 Å². The van der Waals surface area contributed by atoms with Gasteiger partial charge >= 0.3 is 0 Å². The molecular formula is C19H25N7O3. The average molecular weight is 399 g/mol. The molecule has 4 N–H and O–H groups in total. The Labute approximate surface area is 168 Å². The van der Waals surface area contributed by atoms with E-state index in [-0.39, 0.29) is 30.5 Å². The Balaban J connectivity index is 1.43. The molecule has 2 fully saturated rings. The van der Waals surface area contributed by atoms with Crippen molar-refractivity contribution in [2.24, 2.45) is 5.92 Å². The third-order valence-electron chi connectivity index (χ3n) is 5.06. The first kappa shape index (κ1) is 19.4. The molecule has 2 aliphatic heterocycles. The van der Waals surface area contributed by atoms with Crippen LogP contribution in [0.5, 0.6) is 5.75 Å². The largest absolute Gasteiger partial charge is 0.484 e. The van der Waals surface area contributed by atoms with Gasteiger partial charge in [0.25, 0.3) is 5.91 Å². The Hall–Kier alpha value is -2.95. The van der Waals surface area contributed by atoms with Crippen molar-refractivity contribution in [3.63, 3.8) is 0 Å². The minimum atomic E-state index is -0.576. The quantitative estimate of drug-likeness (QED) is 0.563. The van der Waals surface area contributed by atoms with Crippen molar-refractivity contribution >= 4 is 17.6 Å². The van der Waals surface area contributed by atoms with E-state index < -0.39 is 6.29 Å². The highest BCUT2D eigenvalue weighted by Crippen LogP contribution is 2.23. The lowest BCUT2D eigenvalue weighted by Crippen LogP contribution is -2.61. The predicted molar refractivity (Wildman–Crippen MR) is 106 cm³/mol. The molecule has 2 saturated heterocycles. The first-order chi connectivity index (χ1) is 13.9. The predicted octanol–water partition coefficient (Wildman–Crippen LogP) is 0.0852. The molecule has 0 saturated carbocycles. The molecule has 10 heteroatoms. The molecule has 0 aliphatic carbocycles. The van der Waals surface area contributed by atoms with Crippen molar-refractivity contribution in [3.05, 3.63) is 41.6 Å². The van der Waals surface area contributed by atoms with Gasteiger partial charge in [-0.25, -0.2) is 9.69 Å². The topological polar surface area (TPSA) is 113 Å². The molecule has 0 spiro atoms. The second-order valence-electron chi connectivity index (χ2n) is 7.37. The highest BCUT2D eigenvalue weighted by molar-refractivity contribution is 5.91. The lowest BCUT2D eigenvalue weighted by molar-refractivity contribution is -0.131. The van der Waals surface area contributed by atoms with Crippen LogP contribution in [0, 0.1) is 19.8 Å². The number of carbonyl (C=O) groups is 2. The Bertz CT molecular complexity index is 911. The summed E-state index contributed by atoms with van der Waals surface area (Å²) in [6, 6.07) is 9.24. The first-order valence-corrected chi connectivity index (χ1v) is 9.49. The van der Waals surface area contributed by atoms with Crippen LogP contribution in [0.1, 0.15) is 17.5 Å². The molecule has 1 aromatic heterocycles. The van der Waals surface area contributed by atoms with Crippen LogP contribution in [-0.4, -0.2) is 53.0 Å². The van der Waals surface area contributed by atoms with Crippen molar-refractivity contribution in [2.75, 3.05) is 25.5 Å². The van der Waals surface area contributed by atoms with Gasteiger partial charge in [-0.2, -0.15) is 5.10 Å². The molecule has 3 heterocycles. The van der Waals surface area contributed by atoms with Gasteiger partial charge in [0, 0.05) is 19.7 Å². The summed E-state index contributed by atoms with van der Waals surface area (Å²) >= 11 is 0. The fourth-order valence-electron chi connectivity index (χ4n) is 3.53. The number of ether oxygens (including phenoxy) is 1. The number of nitrogens with one attached hydrogen (secondary N) is 4. The minimum absolute atomic E-state index is 0.0660. The maximum Gasteiger partial charge on any atom is 0.263 e. The Morgan fingerprint density at radius 3 is 2.83 bits per heavy atom. The third kappa shape index (κ3) is 4.09. The lowest BCUT2D eigenvalue weighted by Gasteiger charge is -2.35. The maximum absolute atomic E-state index is 12.5. The molecule has 0 radical (unpaired) electrons. The van der Waals surface area contributed by atoms with Crippen LogP contribution < -0.4 is 26.1 Å². The van der Waals surface area contributed by atoms with Gasteiger partial charge in [-0.1, -0.05) is 17.7 Å². The average Bonchev–Trinajstić information content (AvgIpc) is 3.24. The first-order valence-electron chi connectivity index (χ1n) is 9.49. The Morgan fingerprint density at radius 2 is 2.07 bits per heavy atom. The van der Waals surface area contributed by atoms with E-state index in [1.54, 1.807) is 10.7 Å². The van der Waals surface area contributed by atoms with Crippen LogP contribution >= 0.6 is 0 Å². The van der Waals surface area contributed by atoms with Gasteiger partial charge in [0.05, 0.1) is 17.8 Å². The Morgan fingerprint density at radius 1 is 1.31 bits per heavy atom. The number of amides is 2. The van der Waals surface area contributed by atoms with E-state index in [0.717, 1.165) is 11.3 Å². The molecule has 10 nitrogen and oxygen atoms in total. The summed E-state index contributed by atoms with van der Waals surface area (Å²) in [6.45, 7) is 4.26. The number of hydrazine groups is 1. The summed E-state index contributed by atoms with van der Waals surface area (Å²) in [7, 11) is 1.88. The standard InChI is InChI=1S/C19H25N7O3/c1-11-4-6-13(7-5-11)29-10-16(27)21-15-8-12(2)24-26(15)19-22-17-14(18(28)23-19)9-20-25(17)3/h4-8,14,17,19-20,22H,9-10H2,1-3H3,(H,21,27)(H,23,28). The van der Waals surface area contributed by atoms with Crippen LogP contribution in [0.15, 0.2) is 30.3 Å². The fourth-order valence-corrected chi connectivity index (χ4v) is 3.53. The summed E-state index contributed by atoms with van der Waals surface area (Å²) in [4.78, 5) is 24.9. The minimum Gasteiger partial charge on any atom is -0.484 e. The summed E-state index contributed by atoms with van der Waals surface area (Å²) in [6.07, 6.45) is -0.736.